The summed E-state index contributed by atoms with van der Waals surface area (Å²) in [6.45, 7) is -0.222. The van der Waals surface area contributed by atoms with Crippen LogP contribution in [0.4, 0.5) is 10.1 Å². The van der Waals surface area contributed by atoms with Crippen LogP contribution in [0.2, 0.25) is 0 Å². The van der Waals surface area contributed by atoms with Gasteiger partial charge in [-0.2, -0.15) is 0 Å². The average Bonchev–Trinajstić information content (AvgIpc) is 2.79. The SMILES string of the molecule is O=C(O)[C@@H]1C[C@H](O)CN1C(=O)c1cc(F)cc([N+](=O)[O-])c1. The van der Waals surface area contributed by atoms with Gasteiger partial charge in [-0.3, -0.25) is 14.9 Å². The number of amides is 1. The Morgan fingerprint density at radius 2 is 2.05 bits per heavy atom. The van der Waals surface area contributed by atoms with Crippen LogP contribution in [-0.4, -0.2) is 50.6 Å². The molecule has 0 unspecified atom stereocenters. The number of likely N-dealkylation sites (tertiary alicyclic amines) is 1. The number of aliphatic carboxylic acids is 1. The smallest absolute Gasteiger partial charge is 0.326 e. The zero-order valence-electron chi connectivity index (χ0n) is 10.6. The van der Waals surface area contributed by atoms with Crippen LogP contribution in [0.15, 0.2) is 18.2 Å². The molecule has 112 valence electrons. The van der Waals surface area contributed by atoms with Crippen LogP contribution in [-0.2, 0) is 4.79 Å². The van der Waals surface area contributed by atoms with Gasteiger partial charge in [0.1, 0.15) is 11.9 Å². The molecule has 0 saturated carbocycles. The summed E-state index contributed by atoms with van der Waals surface area (Å²) in [4.78, 5) is 33.9. The van der Waals surface area contributed by atoms with Crippen molar-refractivity contribution in [3.63, 3.8) is 0 Å². The fourth-order valence-corrected chi connectivity index (χ4v) is 2.24. The minimum absolute atomic E-state index is 0.140. The van der Waals surface area contributed by atoms with Gasteiger partial charge in [0, 0.05) is 24.6 Å². The number of carboxylic acid groups (broad SMARTS) is 1. The molecule has 0 spiro atoms. The summed E-state index contributed by atoms with van der Waals surface area (Å²) < 4.78 is 13.3. The molecule has 0 aliphatic carbocycles. The molecule has 1 aromatic carbocycles. The Morgan fingerprint density at radius 3 is 2.62 bits per heavy atom. The molecule has 21 heavy (non-hydrogen) atoms. The van der Waals surface area contributed by atoms with Gasteiger partial charge >= 0.3 is 5.97 Å². The third-order valence-corrected chi connectivity index (χ3v) is 3.17. The maximum atomic E-state index is 13.3. The normalized spacial score (nSPS) is 21.3. The van der Waals surface area contributed by atoms with E-state index in [1.165, 1.54) is 0 Å². The number of carbonyl (C=O) groups excluding carboxylic acids is 1. The first-order valence-electron chi connectivity index (χ1n) is 5.96. The number of carboxylic acids is 1. The van der Waals surface area contributed by atoms with Crippen molar-refractivity contribution in [1.82, 2.24) is 4.90 Å². The van der Waals surface area contributed by atoms with Crippen LogP contribution in [0, 0.1) is 15.9 Å². The first kappa shape index (κ1) is 14.9. The number of hydrogen-bond acceptors (Lipinski definition) is 5. The number of aliphatic hydroxyl groups excluding tert-OH is 1. The van der Waals surface area contributed by atoms with Gasteiger partial charge in [-0.15, -0.1) is 0 Å². The third kappa shape index (κ3) is 2.97. The van der Waals surface area contributed by atoms with E-state index < -0.39 is 40.5 Å². The minimum atomic E-state index is -1.30. The molecular formula is C12H11FN2O6. The summed E-state index contributed by atoms with van der Waals surface area (Å²) in [7, 11) is 0. The van der Waals surface area contributed by atoms with Crippen LogP contribution >= 0.6 is 0 Å². The summed E-state index contributed by atoms with van der Waals surface area (Å²) >= 11 is 0. The Kier molecular flexibility index (Phi) is 3.85. The van der Waals surface area contributed by atoms with E-state index in [4.69, 9.17) is 5.11 Å². The first-order chi connectivity index (χ1) is 9.79. The molecule has 2 rings (SSSR count). The Hall–Kier alpha value is -2.55. The van der Waals surface area contributed by atoms with Gasteiger partial charge in [-0.05, 0) is 6.07 Å². The Bertz CT molecular complexity index is 620. The van der Waals surface area contributed by atoms with Gasteiger partial charge < -0.3 is 15.1 Å². The third-order valence-electron chi connectivity index (χ3n) is 3.17. The lowest BCUT2D eigenvalue weighted by atomic mass is 10.1. The molecule has 1 aliphatic heterocycles. The summed E-state index contributed by atoms with van der Waals surface area (Å²) in [5.41, 5.74) is -0.938. The average molecular weight is 298 g/mol. The van der Waals surface area contributed by atoms with Gasteiger partial charge in [0.25, 0.3) is 11.6 Å². The number of nitro groups is 1. The summed E-state index contributed by atoms with van der Waals surface area (Å²) in [6, 6.07) is 1.08. The van der Waals surface area contributed by atoms with Crippen molar-refractivity contribution in [3.8, 4) is 0 Å². The molecular weight excluding hydrogens is 287 g/mol. The number of carbonyl (C=O) groups is 2. The van der Waals surface area contributed by atoms with E-state index in [9.17, 15) is 29.2 Å². The Labute approximate surface area is 117 Å². The number of non-ortho nitro benzene ring substituents is 1. The fourth-order valence-electron chi connectivity index (χ4n) is 2.24. The lowest BCUT2D eigenvalue weighted by Gasteiger charge is -2.21. The number of nitro benzene ring substituents is 1. The predicted octanol–water partition coefficient (Wildman–Crippen LogP) is 0.394. The quantitative estimate of drug-likeness (QED) is 0.615. The van der Waals surface area contributed by atoms with Gasteiger partial charge in [0.15, 0.2) is 0 Å². The highest BCUT2D eigenvalue weighted by Crippen LogP contribution is 2.23. The molecule has 1 saturated heterocycles. The zero-order chi connectivity index (χ0) is 15.7. The second-order valence-corrected chi connectivity index (χ2v) is 4.66. The topological polar surface area (TPSA) is 121 Å². The molecule has 1 aromatic rings. The second kappa shape index (κ2) is 5.44. The van der Waals surface area contributed by atoms with E-state index in [1.54, 1.807) is 0 Å². The number of aliphatic hydroxyl groups is 1. The van der Waals surface area contributed by atoms with Crippen molar-refractivity contribution in [3.05, 3.63) is 39.7 Å². The van der Waals surface area contributed by atoms with Gasteiger partial charge in [-0.1, -0.05) is 0 Å². The largest absolute Gasteiger partial charge is 0.480 e. The van der Waals surface area contributed by atoms with Gasteiger partial charge in [0.05, 0.1) is 17.1 Å². The molecule has 2 atom stereocenters. The van der Waals surface area contributed by atoms with E-state index in [0.29, 0.717) is 6.07 Å². The number of rotatable bonds is 3. The maximum absolute atomic E-state index is 13.3. The Morgan fingerprint density at radius 1 is 1.38 bits per heavy atom. The molecule has 1 fully saturated rings. The lowest BCUT2D eigenvalue weighted by Crippen LogP contribution is -2.40. The molecule has 1 aliphatic rings. The van der Waals surface area contributed by atoms with Crippen LogP contribution in [0.5, 0.6) is 0 Å². The summed E-state index contributed by atoms with van der Waals surface area (Å²) in [6.07, 6.45) is -1.14. The standard InChI is InChI=1S/C12H11FN2O6/c13-7-1-6(2-8(3-7)15(20)21)11(17)14-5-9(16)4-10(14)12(18)19/h1-3,9-10,16H,4-5H2,(H,18,19)/t9-,10-/m0/s1. The van der Waals surface area contributed by atoms with Crippen LogP contribution in [0.25, 0.3) is 0 Å². The highest BCUT2D eigenvalue weighted by molar-refractivity contribution is 5.97. The number of halogens is 1. The number of β-amino-alcohol motifs (C(OH)–C–C–N with tert-alkyl or cyclic N) is 1. The fraction of sp³-hybridized carbons (Fsp3) is 0.333. The van der Waals surface area contributed by atoms with Gasteiger partial charge in [0.2, 0.25) is 0 Å². The second-order valence-electron chi connectivity index (χ2n) is 4.66. The highest BCUT2D eigenvalue weighted by Gasteiger charge is 2.39. The first-order valence-corrected chi connectivity index (χ1v) is 5.96. The molecule has 8 nitrogen and oxygen atoms in total. The highest BCUT2D eigenvalue weighted by atomic mass is 19.1. The van der Waals surface area contributed by atoms with Crippen LogP contribution in [0.3, 0.4) is 0 Å². The van der Waals surface area contributed by atoms with Crippen LogP contribution < -0.4 is 0 Å². The van der Waals surface area contributed by atoms with Gasteiger partial charge in [-0.25, -0.2) is 9.18 Å². The molecule has 1 amide bonds. The molecule has 0 bridgehead atoms. The molecule has 0 aromatic heterocycles. The molecule has 0 radical (unpaired) electrons. The molecule has 1 heterocycles. The van der Waals surface area contributed by atoms with E-state index in [2.05, 4.69) is 0 Å². The van der Waals surface area contributed by atoms with Crippen molar-refractivity contribution in [1.29, 1.82) is 0 Å². The van der Waals surface area contributed by atoms with Crippen molar-refractivity contribution >= 4 is 17.6 Å². The number of benzene rings is 1. The molecule has 9 heteroatoms. The van der Waals surface area contributed by atoms with E-state index in [0.717, 1.165) is 17.0 Å². The van der Waals surface area contributed by atoms with Crippen molar-refractivity contribution in [2.75, 3.05) is 6.54 Å². The maximum Gasteiger partial charge on any atom is 0.326 e. The number of hydrogen-bond donors (Lipinski definition) is 2. The predicted molar refractivity (Wildman–Crippen MR) is 66.1 cm³/mol. The Balaban J connectivity index is 2.35. The lowest BCUT2D eigenvalue weighted by molar-refractivity contribution is -0.385. The van der Waals surface area contributed by atoms with E-state index in [-0.39, 0.29) is 18.5 Å². The monoisotopic (exact) mass is 298 g/mol. The van der Waals surface area contributed by atoms with E-state index in [1.807, 2.05) is 0 Å². The van der Waals surface area contributed by atoms with E-state index >= 15 is 0 Å². The van der Waals surface area contributed by atoms with Crippen molar-refractivity contribution in [2.24, 2.45) is 0 Å². The summed E-state index contributed by atoms with van der Waals surface area (Å²) in [5, 5.41) is 29.1. The molecule has 2 N–H and O–H groups in total. The van der Waals surface area contributed by atoms with Crippen molar-refractivity contribution < 1.29 is 29.1 Å². The summed E-state index contributed by atoms with van der Waals surface area (Å²) in [5.74, 6) is -3.15. The van der Waals surface area contributed by atoms with Crippen molar-refractivity contribution in [2.45, 2.75) is 18.6 Å². The minimum Gasteiger partial charge on any atom is -0.480 e. The van der Waals surface area contributed by atoms with Crippen LogP contribution in [0.1, 0.15) is 16.8 Å². The number of nitrogens with zero attached hydrogens (tertiary/aromatic N) is 2. The zero-order valence-corrected chi connectivity index (χ0v) is 10.6.